The van der Waals surface area contributed by atoms with E-state index in [4.69, 9.17) is 37.9 Å². The van der Waals surface area contributed by atoms with Gasteiger partial charge < -0.3 is 37.9 Å². The van der Waals surface area contributed by atoms with E-state index in [0.717, 1.165) is 11.5 Å². The van der Waals surface area contributed by atoms with Crippen molar-refractivity contribution < 1.29 is 66.7 Å². The number of carbonyl (C=O) groups excluding carboxylic acids is 6. The number of methoxy groups -OCH3 is 2. The summed E-state index contributed by atoms with van der Waals surface area (Å²) in [4.78, 5) is 71.7. The van der Waals surface area contributed by atoms with E-state index < -0.39 is 35.8 Å². The van der Waals surface area contributed by atoms with Gasteiger partial charge in [0.25, 0.3) is 0 Å². The predicted molar refractivity (Wildman–Crippen MR) is 202 cm³/mol. The van der Waals surface area contributed by atoms with Gasteiger partial charge >= 0.3 is 35.8 Å². The van der Waals surface area contributed by atoms with E-state index in [2.05, 4.69) is 0 Å². The lowest BCUT2D eigenvalue weighted by molar-refractivity contribution is -0.134. The van der Waals surface area contributed by atoms with Crippen molar-refractivity contribution in [3.63, 3.8) is 0 Å². The molecule has 56 heavy (non-hydrogen) atoms. The van der Waals surface area contributed by atoms with Crippen LogP contribution in [0.4, 0.5) is 0 Å². The SMILES string of the molecule is COc1c(OC(=O)/C=C/c2ccc(OC(C)=O)c(OC(C)=O)c2)cc2ccc3cc(OC(=O)/C=C/c4ccc(OC(C)=O)c(OC(C)=O)c4)ccc3c2c1OC. The largest absolute Gasteiger partial charge is 0.492 e. The van der Waals surface area contributed by atoms with Crippen molar-refractivity contribution in [2.45, 2.75) is 27.7 Å². The van der Waals surface area contributed by atoms with Crippen LogP contribution in [0.3, 0.4) is 0 Å². The molecule has 286 valence electrons. The van der Waals surface area contributed by atoms with Crippen LogP contribution < -0.4 is 37.9 Å². The number of carbonyl (C=O) groups is 6. The molecule has 14 heteroatoms. The summed E-state index contributed by atoms with van der Waals surface area (Å²) in [7, 11) is 2.85. The van der Waals surface area contributed by atoms with Crippen molar-refractivity contribution in [2.75, 3.05) is 14.2 Å². The van der Waals surface area contributed by atoms with Gasteiger partial charge in [-0.05, 0) is 88.0 Å². The van der Waals surface area contributed by atoms with Gasteiger partial charge in [0.15, 0.2) is 34.5 Å². The van der Waals surface area contributed by atoms with Gasteiger partial charge in [-0.1, -0.05) is 24.3 Å². The number of benzene rings is 5. The summed E-state index contributed by atoms with van der Waals surface area (Å²) < 4.78 is 43.0. The van der Waals surface area contributed by atoms with Gasteiger partial charge in [0.05, 0.1) is 14.2 Å². The van der Waals surface area contributed by atoms with E-state index >= 15 is 0 Å². The molecule has 5 rings (SSSR count). The molecular weight excluding hydrogens is 728 g/mol. The molecule has 0 aliphatic carbocycles. The molecule has 0 unspecified atom stereocenters. The molecule has 5 aromatic rings. The smallest absolute Gasteiger partial charge is 0.336 e. The second-order valence-corrected chi connectivity index (χ2v) is 11.8. The first kappa shape index (κ1) is 39.7. The maximum Gasteiger partial charge on any atom is 0.336 e. The maximum atomic E-state index is 13.0. The average Bonchev–Trinajstić information content (AvgIpc) is 3.13. The summed E-state index contributed by atoms with van der Waals surface area (Å²) >= 11 is 0. The first-order valence-electron chi connectivity index (χ1n) is 16.7. The molecule has 0 bridgehead atoms. The standard InChI is InChI=1S/C42H34O14/c1-23(43)51-33-15-7-27(19-35(33)53-25(3)45)9-17-38(47)55-31-13-14-32-29(21-31)11-12-30-22-37(41(49-5)42(50-6)40(30)32)56-39(48)18-10-28-8-16-34(52-24(2)44)36(20-28)54-26(4)46/h7-22H,1-6H3/b17-9+,18-10+. The fourth-order valence-electron chi connectivity index (χ4n) is 5.48. The van der Waals surface area contributed by atoms with Gasteiger partial charge in [0.1, 0.15) is 5.75 Å². The third-order valence-electron chi connectivity index (χ3n) is 7.58. The molecule has 0 aliphatic heterocycles. The zero-order chi connectivity index (χ0) is 40.5. The van der Waals surface area contributed by atoms with Gasteiger partial charge in [-0.2, -0.15) is 0 Å². The Morgan fingerprint density at radius 2 is 0.929 bits per heavy atom. The molecule has 0 saturated carbocycles. The van der Waals surface area contributed by atoms with Gasteiger partial charge in [-0.3, -0.25) is 19.2 Å². The number of hydrogen-bond donors (Lipinski definition) is 0. The normalized spacial score (nSPS) is 11.0. The Balaban J connectivity index is 1.36. The molecule has 0 atom stereocenters. The lowest BCUT2D eigenvalue weighted by Gasteiger charge is -2.16. The van der Waals surface area contributed by atoms with Crippen LogP contribution in [0.1, 0.15) is 38.8 Å². The zero-order valence-electron chi connectivity index (χ0n) is 31.0. The van der Waals surface area contributed by atoms with Crippen molar-refractivity contribution >= 4 is 69.5 Å². The Labute approximate surface area is 319 Å². The minimum atomic E-state index is -0.757. The summed E-state index contributed by atoms with van der Waals surface area (Å²) in [5, 5.41) is 2.70. The first-order valence-corrected chi connectivity index (χ1v) is 16.7. The third kappa shape index (κ3) is 9.93. The van der Waals surface area contributed by atoms with Gasteiger partial charge in [0, 0.05) is 45.2 Å². The molecule has 0 N–H and O–H groups in total. The monoisotopic (exact) mass is 762 g/mol. The molecule has 0 saturated heterocycles. The van der Waals surface area contributed by atoms with Crippen LogP contribution in [0.5, 0.6) is 46.0 Å². The van der Waals surface area contributed by atoms with Crippen molar-refractivity contribution in [1.82, 2.24) is 0 Å². The number of fused-ring (bicyclic) bond motifs is 3. The molecule has 5 aromatic carbocycles. The average molecular weight is 763 g/mol. The predicted octanol–water partition coefficient (Wildman–Crippen LogP) is 6.95. The first-order chi connectivity index (χ1) is 26.7. The van der Waals surface area contributed by atoms with E-state index in [0.29, 0.717) is 27.3 Å². The van der Waals surface area contributed by atoms with E-state index in [1.165, 1.54) is 84.4 Å². The number of hydrogen-bond acceptors (Lipinski definition) is 14. The Bertz CT molecular complexity index is 2460. The molecular formula is C42H34O14. The molecule has 14 nitrogen and oxygen atoms in total. The third-order valence-corrected chi connectivity index (χ3v) is 7.58. The summed E-state index contributed by atoms with van der Waals surface area (Å²) in [6.07, 6.45) is 5.23. The minimum Gasteiger partial charge on any atom is -0.492 e. The van der Waals surface area contributed by atoms with Crippen LogP contribution in [0.15, 0.2) is 84.9 Å². The van der Waals surface area contributed by atoms with E-state index in [1.807, 2.05) is 0 Å². The summed E-state index contributed by atoms with van der Waals surface area (Å²) in [6, 6.07) is 19.1. The second kappa shape index (κ2) is 17.6. The Kier molecular flexibility index (Phi) is 12.5. The molecule has 0 aromatic heterocycles. The lowest BCUT2D eigenvalue weighted by Crippen LogP contribution is -2.07. The maximum absolute atomic E-state index is 13.0. The van der Waals surface area contributed by atoms with Crippen LogP contribution in [-0.2, 0) is 28.8 Å². The molecule has 0 amide bonds. The molecule has 0 radical (unpaired) electrons. The molecule has 0 fully saturated rings. The van der Waals surface area contributed by atoms with Crippen molar-refractivity contribution in [1.29, 1.82) is 0 Å². The fourth-order valence-corrected chi connectivity index (χ4v) is 5.48. The van der Waals surface area contributed by atoms with Gasteiger partial charge in [0.2, 0.25) is 5.75 Å². The number of ether oxygens (including phenoxy) is 8. The van der Waals surface area contributed by atoms with Crippen LogP contribution >= 0.6 is 0 Å². The number of rotatable bonds is 12. The molecule has 0 aliphatic rings. The minimum absolute atomic E-state index is 0.00282. The fraction of sp³-hybridized carbons (Fsp3) is 0.143. The highest BCUT2D eigenvalue weighted by molar-refractivity contribution is 6.13. The molecule has 0 heterocycles. The Morgan fingerprint density at radius 3 is 1.43 bits per heavy atom. The van der Waals surface area contributed by atoms with Crippen LogP contribution in [0, 0.1) is 0 Å². The summed E-state index contributed by atoms with van der Waals surface area (Å²) in [6.45, 7) is 4.83. The van der Waals surface area contributed by atoms with Crippen LogP contribution in [0.2, 0.25) is 0 Å². The van der Waals surface area contributed by atoms with Gasteiger partial charge in [-0.25, -0.2) is 9.59 Å². The van der Waals surface area contributed by atoms with E-state index in [9.17, 15) is 28.8 Å². The Morgan fingerprint density at radius 1 is 0.446 bits per heavy atom. The second-order valence-electron chi connectivity index (χ2n) is 11.8. The topological polar surface area (TPSA) is 176 Å². The highest BCUT2D eigenvalue weighted by Crippen LogP contribution is 2.46. The van der Waals surface area contributed by atoms with E-state index in [-0.39, 0.29) is 46.0 Å². The Hall–Kier alpha value is -7.48. The summed E-state index contributed by atoms with van der Waals surface area (Å²) in [5.74, 6) is -3.01. The quantitative estimate of drug-likeness (QED) is 0.0552. The van der Waals surface area contributed by atoms with Gasteiger partial charge in [-0.15, -0.1) is 0 Å². The highest BCUT2D eigenvalue weighted by atomic mass is 16.6. The van der Waals surface area contributed by atoms with Crippen LogP contribution in [0.25, 0.3) is 33.7 Å². The molecule has 0 spiro atoms. The lowest BCUT2D eigenvalue weighted by atomic mass is 10.00. The number of esters is 6. The summed E-state index contributed by atoms with van der Waals surface area (Å²) in [5.41, 5.74) is 0.926. The van der Waals surface area contributed by atoms with Crippen molar-refractivity contribution in [3.8, 4) is 46.0 Å². The van der Waals surface area contributed by atoms with Crippen molar-refractivity contribution in [3.05, 3.63) is 96.1 Å². The van der Waals surface area contributed by atoms with Crippen LogP contribution in [-0.4, -0.2) is 50.0 Å². The zero-order valence-corrected chi connectivity index (χ0v) is 31.0. The highest BCUT2D eigenvalue weighted by Gasteiger charge is 2.21. The van der Waals surface area contributed by atoms with Crippen molar-refractivity contribution in [2.24, 2.45) is 0 Å². The van der Waals surface area contributed by atoms with E-state index in [1.54, 1.807) is 48.5 Å².